The third-order valence-electron chi connectivity index (χ3n) is 5.18. The molecule has 0 saturated heterocycles. The first-order valence-corrected chi connectivity index (χ1v) is 9.40. The molecule has 0 bridgehead atoms. The summed E-state index contributed by atoms with van der Waals surface area (Å²) in [6, 6.07) is 0. The van der Waals surface area contributed by atoms with Gasteiger partial charge in [0, 0.05) is 0 Å². The fourth-order valence-corrected chi connectivity index (χ4v) is 4.21. The summed E-state index contributed by atoms with van der Waals surface area (Å²) >= 11 is 1.69. The fraction of sp³-hybridized carbons (Fsp3) is 0.550. The molecule has 1 atom stereocenters. The van der Waals surface area contributed by atoms with Crippen molar-refractivity contribution in [2.24, 2.45) is 5.41 Å². The number of halogens is 2. The summed E-state index contributed by atoms with van der Waals surface area (Å²) in [7, 11) is 0. The molecule has 0 N–H and O–H groups in total. The zero-order chi connectivity index (χ0) is 15.5. The summed E-state index contributed by atoms with van der Waals surface area (Å²) in [6.07, 6.45) is 18.6. The molecule has 128 valence electrons. The van der Waals surface area contributed by atoms with Gasteiger partial charge in [-0.05, 0) is 6.42 Å². The molecule has 1 unspecified atom stereocenters. The average molecular weight is 432 g/mol. The third kappa shape index (κ3) is 5.65. The second-order valence-corrected chi connectivity index (χ2v) is 8.35. The van der Waals surface area contributed by atoms with Crippen molar-refractivity contribution in [3.8, 4) is 0 Å². The van der Waals surface area contributed by atoms with Crippen molar-refractivity contribution in [2.45, 2.75) is 66.2 Å². The van der Waals surface area contributed by atoms with E-state index in [1.54, 1.807) is 27.4 Å². The van der Waals surface area contributed by atoms with Crippen LogP contribution in [0.4, 0.5) is 0 Å². The Hall–Kier alpha value is 0.293. The van der Waals surface area contributed by atoms with Crippen LogP contribution in [-0.4, -0.2) is 3.21 Å². The summed E-state index contributed by atoms with van der Waals surface area (Å²) in [5.41, 5.74) is 5.74. The molecule has 3 aliphatic rings. The third-order valence-corrected chi connectivity index (χ3v) is 6.41. The molecule has 0 aromatic carbocycles. The molecule has 0 nitrogen and oxygen atoms in total. The maximum absolute atomic E-state index is 3.61. The van der Waals surface area contributed by atoms with E-state index >= 15 is 0 Å². The normalized spacial score (nSPS) is 25.8. The molecule has 3 rings (SSSR count). The zero-order valence-corrected chi connectivity index (χ0v) is 18.9. The van der Waals surface area contributed by atoms with Crippen LogP contribution in [0.5, 0.6) is 0 Å². The number of hydrogen-bond acceptors (Lipinski definition) is 0. The second-order valence-electron chi connectivity index (χ2n) is 6.61. The van der Waals surface area contributed by atoms with Gasteiger partial charge < -0.3 is 0 Å². The van der Waals surface area contributed by atoms with Crippen LogP contribution in [0.1, 0.15) is 66.2 Å². The Bertz CT molecular complexity index is 544. The summed E-state index contributed by atoms with van der Waals surface area (Å²) in [6.45, 7) is 8.87. The predicted octanol–water partition coefficient (Wildman–Crippen LogP) is 6.49. The molecule has 1 fully saturated rings. The van der Waals surface area contributed by atoms with Gasteiger partial charge in [-0.1, -0.05) is 50.0 Å². The topological polar surface area (TPSA) is 0 Å². The Balaban J connectivity index is 0.000000463. The molecule has 1 saturated carbocycles. The molecule has 0 aromatic rings. The van der Waals surface area contributed by atoms with E-state index < -0.39 is 0 Å². The molecule has 0 amide bonds. The molecule has 3 heteroatoms. The van der Waals surface area contributed by atoms with Gasteiger partial charge >= 0.3 is 59.5 Å². The maximum atomic E-state index is 3.61. The van der Waals surface area contributed by atoms with Crippen molar-refractivity contribution in [1.82, 2.24) is 0 Å². The molecular weight excluding hydrogens is 402 g/mol. The Morgan fingerprint density at radius 2 is 1.65 bits per heavy atom. The van der Waals surface area contributed by atoms with Crippen molar-refractivity contribution in [2.75, 3.05) is 0 Å². The van der Waals surface area contributed by atoms with Crippen molar-refractivity contribution in [1.29, 1.82) is 0 Å². The van der Waals surface area contributed by atoms with Gasteiger partial charge in [0.1, 0.15) is 0 Å². The summed E-state index contributed by atoms with van der Waals surface area (Å²) in [4.78, 5) is 0. The van der Waals surface area contributed by atoms with Crippen LogP contribution in [0, 0.1) is 11.5 Å². The van der Waals surface area contributed by atoms with Crippen LogP contribution in [0.2, 0.25) is 0 Å². The van der Waals surface area contributed by atoms with Crippen LogP contribution < -0.4 is 0 Å². The standard InChI is InChI=1S/C14H17.C6H10.2ClH.Zr/c1-10-9-14(4,12(3)11(10)2)13-7-5-6-8-13;1-2-4-6-5-3-1;;;/h5-7H,8H2,1-4H3;1-5H2;2*1H;/q-1;;;;. The van der Waals surface area contributed by atoms with E-state index in [1.807, 2.05) is 0 Å². The molecule has 23 heavy (non-hydrogen) atoms. The van der Waals surface area contributed by atoms with E-state index in [1.165, 1.54) is 54.4 Å². The van der Waals surface area contributed by atoms with Crippen molar-refractivity contribution in [3.63, 3.8) is 0 Å². The van der Waals surface area contributed by atoms with Crippen LogP contribution in [0.25, 0.3) is 0 Å². The van der Waals surface area contributed by atoms with E-state index in [4.69, 9.17) is 0 Å². The first-order valence-electron chi connectivity index (χ1n) is 8.17. The average Bonchev–Trinajstić information content (AvgIpc) is 3.07. The number of hydrogen-bond donors (Lipinski definition) is 0. The SMILES string of the molecule is CC1=[C-]C(C)(C2=CC=CC2)C(C)=C1C.Cl.Cl.[Zr]=[C]1CCCCC1. The van der Waals surface area contributed by atoms with Gasteiger partial charge in [-0.25, -0.2) is 5.57 Å². The van der Waals surface area contributed by atoms with Gasteiger partial charge in [-0.3, -0.25) is 6.08 Å². The quantitative estimate of drug-likeness (QED) is 0.416. The first-order chi connectivity index (χ1) is 9.95. The van der Waals surface area contributed by atoms with E-state index in [9.17, 15) is 0 Å². The van der Waals surface area contributed by atoms with Gasteiger partial charge in [-0.2, -0.15) is 11.1 Å². The van der Waals surface area contributed by atoms with Crippen molar-refractivity contribution < 1.29 is 24.2 Å². The van der Waals surface area contributed by atoms with Crippen LogP contribution in [0.15, 0.2) is 40.5 Å². The molecule has 0 heterocycles. The Morgan fingerprint density at radius 1 is 1.04 bits per heavy atom. The Morgan fingerprint density at radius 3 is 2.00 bits per heavy atom. The minimum absolute atomic E-state index is 0. The van der Waals surface area contributed by atoms with E-state index in [2.05, 4.69) is 52.0 Å². The molecule has 0 aliphatic heterocycles. The van der Waals surface area contributed by atoms with Crippen LogP contribution in [-0.2, 0) is 24.2 Å². The molecule has 3 aliphatic carbocycles. The fourth-order valence-electron chi connectivity index (χ4n) is 3.34. The Kier molecular flexibility index (Phi) is 10.5. The second kappa shape index (κ2) is 10.3. The van der Waals surface area contributed by atoms with E-state index in [-0.39, 0.29) is 30.2 Å². The van der Waals surface area contributed by atoms with E-state index in [0.717, 1.165) is 6.42 Å². The molecular formula is C20H29Cl2Zr-. The van der Waals surface area contributed by atoms with Crippen LogP contribution >= 0.6 is 24.8 Å². The van der Waals surface area contributed by atoms with Gasteiger partial charge in [0.05, 0.1) is 0 Å². The van der Waals surface area contributed by atoms with Gasteiger partial charge in [0.15, 0.2) is 0 Å². The predicted molar refractivity (Wildman–Crippen MR) is 103 cm³/mol. The molecule has 0 radical (unpaired) electrons. The monoisotopic (exact) mass is 429 g/mol. The van der Waals surface area contributed by atoms with Crippen LogP contribution in [0.3, 0.4) is 0 Å². The molecule has 0 aromatic heterocycles. The number of allylic oxidation sites excluding steroid dienone is 8. The van der Waals surface area contributed by atoms with Crippen molar-refractivity contribution in [3.05, 3.63) is 46.6 Å². The van der Waals surface area contributed by atoms with Crippen molar-refractivity contribution >= 4 is 28.0 Å². The Labute approximate surface area is 169 Å². The number of rotatable bonds is 1. The van der Waals surface area contributed by atoms with Gasteiger partial charge in [0.25, 0.3) is 0 Å². The zero-order valence-electron chi connectivity index (χ0n) is 14.8. The van der Waals surface area contributed by atoms with E-state index in [0.29, 0.717) is 0 Å². The van der Waals surface area contributed by atoms with Gasteiger partial charge in [-0.15, -0.1) is 31.7 Å². The minimum atomic E-state index is 0. The summed E-state index contributed by atoms with van der Waals surface area (Å²) in [5.74, 6) is 0. The summed E-state index contributed by atoms with van der Waals surface area (Å²) < 4.78 is 1.80. The molecule has 0 spiro atoms. The van der Waals surface area contributed by atoms with Gasteiger partial charge in [0.2, 0.25) is 0 Å². The summed E-state index contributed by atoms with van der Waals surface area (Å²) in [5, 5.41) is 0. The first kappa shape index (κ1) is 23.3.